The van der Waals surface area contributed by atoms with Gasteiger partial charge in [0.15, 0.2) is 5.11 Å². The summed E-state index contributed by atoms with van der Waals surface area (Å²) in [4.78, 5) is 12.1. The number of carbonyl (C=O) groups is 1. The Morgan fingerprint density at radius 2 is 1.96 bits per heavy atom. The molecule has 2 rings (SSSR count). The molecule has 0 spiro atoms. The second kappa shape index (κ2) is 8.40. The SMILES string of the molecule is CCC(C)Oc1ccc(C(=O)NC(=S)Nc2cccc(F)c2)cc1. The highest BCUT2D eigenvalue weighted by Crippen LogP contribution is 2.15. The van der Waals surface area contributed by atoms with Crippen LogP contribution in [0.25, 0.3) is 0 Å². The zero-order valence-corrected chi connectivity index (χ0v) is 14.3. The van der Waals surface area contributed by atoms with Gasteiger partial charge in [-0.25, -0.2) is 4.39 Å². The number of thiocarbonyl (C=S) groups is 1. The van der Waals surface area contributed by atoms with Crippen LogP contribution in [0.5, 0.6) is 5.75 Å². The van der Waals surface area contributed by atoms with Gasteiger partial charge < -0.3 is 10.1 Å². The van der Waals surface area contributed by atoms with Crippen LogP contribution in [0.3, 0.4) is 0 Å². The molecule has 1 amide bonds. The first-order valence-corrected chi connectivity index (χ1v) is 8.03. The molecule has 2 aromatic carbocycles. The molecule has 0 aliphatic heterocycles. The number of anilines is 1. The van der Waals surface area contributed by atoms with E-state index < -0.39 is 0 Å². The highest BCUT2D eigenvalue weighted by molar-refractivity contribution is 7.80. The standard InChI is InChI=1S/C18H19FN2O2S/c1-3-12(2)23-16-9-7-13(8-10-16)17(22)21-18(24)20-15-6-4-5-14(19)11-15/h4-12H,3H2,1-2H3,(H2,20,21,22,24). The van der Waals surface area contributed by atoms with Gasteiger partial charge in [-0.3, -0.25) is 10.1 Å². The van der Waals surface area contributed by atoms with Crippen molar-refractivity contribution in [3.8, 4) is 5.75 Å². The first-order valence-electron chi connectivity index (χ1n) is 7.62. The zero-order valence-electron chi connectivity index (χ0n) is 13.5. The molecule has 0 saturated carbocycles. The van der Waals surface area contributed by atoms with Gasteiger partial charge in [-0.05, 0) is 68.0 Å². The van der Waals surface area contributed by atoms with Crippen molar-refractivity contribution >= 4 is 28.9 Å². The molecule has 0 saturated heterocycles. The minimum Gasteiger partial charge on any atom is -0.491 e. The molecule has 4 nitrogen and oxygen atoms in total. The van der Waals surface area contributed by atoms with Gasteiger partial charge in [0.2, 0.25) is 0 Å². The van der Waals surface area contributed by atoms with Crippen molar-refractivity contribution < 1.29 is 13.9 Å². The van der Waals surface area contributed by atoms with E-state index in [4.69, 9.17) is 17.0 Å². The van der Waals surface area contributed by atoms with Crippen molar-refractivity contribution in [2.45, 2.75) is 26.4 Å². The first kappa shape index (κ1) is 17.9. The molecule has 0 fully saturated rings. The van der Waals surface area contributed by atoms with Crippen molar-refractivity contribution in [1.29, 1.82) is 0 Å². The van der Waals surface area contributed by atoms with Crippen LogP contribution in [-0.4, -0.2) is 17.1 Å². The maximum absolute atomic E-state index is 13.1. The van der Waals surface area contributed by atoms with E-state index in [2.05, 4.69) is 10.6 Å². The van der Waals surface area contributed by atoms with Crippen molar-refractivity contribution in [2.24, 2.45) is 0 Å². The van der Waals surface area contributed by atoms with Crippen LogP contribution in [0.2, 0.25) is 0 Å². The fourth-order valence-electron chi connectivity index (χ4n) is 1.90. The third kappa shape index (κ3) is 5.31. The summed E-state index contributed by atoms with van der Waals surface area (Å²) in [5.74, 6) is -0.0219. The molecule has 1 atom stereocenters. The molecule has 0 heterocycles. The predicted octanol–water partition coefficient (Wildman–Crippen LogP) is 4.13. The number of hydrogen-bond acceptors (Lipinski definition) is 3. The van der Waals surface area contributed by atoms with Crippen molar-refractivity contribution in [3.05, 3.63) is 59.9 Å². The summed E-state index contributed by atoms with van der Waals surface area (Å²) in [7, 11) is 0. The van der Waals surface area contributed by atoms with Gasteiger partial charge in [0.1, 0.15) is 11.6 Å². The van der Waals surface area contributed by atoms with E-state index in [0.717, 1.165) is 6.42 Å². The Morgan fingerprint density at radius 1 is 1.25 bits per heavy atom. The lowest BCUT2D eigenvalue weighted by Crippen LogP contribution is -2.34. The number of hydrogen-bond donors (Lipinski definition) is 2. The van der Waals surface area contributed by atoms with Crippen LogP contribution in [0.15, 0.2) is 48.5 Å². The number of nitrogens with one attached hydrogen (secondary N) is 2. The van der Waals surface area contributed by atoms with Gasteiger partial charge in [-0.1, -0.05) is 13.0 Å². The monoisotopic (exact) mass is 346 g/mol. The first-order chi connectivity index (χ1) is 11.5. The maximum atomic E-state index is 13.1. The molecule has 2 N–H and O–H groups in total. The lowest BCUT2D eigenvalue weighted by molar-refractivity contribution is 0.0977. The molecule has 0 aliphatic carbocycles. The fraction of sp³-hybridized carbons (Fsp3) is 0.222. The minimum absolute atomic E-state index is 0.102. The Balaban J connectivity index is 1.93. The van der Waals surface area contributed by atoms with E-state index in [9.17, 15) is 9.18 Å². The number of benzene rings is 2. The molecule has 126 valence electrons. The molecule has 0 bridgehead atoms. The van der Waals surface area contributed by atoms with Crippen molar-refractivity contribution in [2.75, 3.05) is 5.32 Å². The average Bonchev–Trinajstić information content (AvgIpc) is 2.55. The Bertz CT molecular complexity index is 719. The van der Waals surface area contributed by atoms with Crippen molar-refractivity contribution in [3.63, 3.8) is 0 Å². The highest BCUT2D eigenvalue weighted by atomic mass is 32.1. The number of rotatable bonds is 5. The molecule has 0 aliphatic rings. The summed E-state index contributed by atoms with van der Waals surface area (Å²) < 4.78 is 18.8. The predicted molar refractivity (Wildman–Crippen MR) is 96.9 cm³/mol. The fourth-order valence-corrected chi connectivity index (χ4v) is 2.11. The van der Waals surface area contributed by atoms with E-state index >= 15 is 0 Å². The topological polar surface area (TPSA) is 50.4 Å². The number of amides is 1. The van der Waals surface area contributed by atoms with E-state index in [-0.39, 0.29) is 22.9 Å². The molecule has 24 heavy (non-hydrogen) atoms. The van der Waals surface area contributed by atoms with E-state index in [1.807, 2.05) is 13.8 Å². The van der Waals surface area contributed by atoms with E-state index in [0.29, 0.717) is 17.0 Å². The third-order valence-electron chi connectivity index (χ3n) is 3.34. The van der Waals surface area contributed by atoms with Gasteiger partial charge in [0.25, 0.3) is 5.91 Å². The van der Waals surface area contributed by atoms with Gasteiger partial charge in [-0.15, -0.1) is 0 Å². The van der Waals surface area contributed by atoms with Gasteiger partial charge in [-0.2, -0.15) is 0 Å². The van der Waals surface area contributed by atoms with Crippen LogP contribution in [0.4, 0.5) is 10.1 Å². The molecular weight excluding hydrogens is 327 g/mol. The van der Waals surface area contributed by atoms with Gasteiger partial charge in [0.05, 0.1) is 6.10 Å². The molecular formula is C18H19FN2O2S. The summed E-state index contributed by atoms with van der Waals surface area (Å²) >= 11 is 5.06. The van der Waals surface area contributed by atoms with Gasteiger partial charge in [0, 0.05) is 11.3 Å². The highest BCUT2D eigenvalue weighted by Gasteiger charge is 2.09. The average molecular weight is 346 g/mol. The third-order valence-corrected chi connectivity index (χ3v) is 3.54. The summed E-state index contributed by atoms with van der Waals surface area (Å²) in [6, 6.07) is 12.6. The van der Waals surface area contributed by atoms with Crippen LogP contribution in [0.1, 0.15) is 30.6 Å². The summed E-state index contributed by atoms with van der Waals surface area (Å²) in [6.45, 7) is 4.02. The lowest BCUT2D eigenvalue weighted by atomic mass is 10.2. The molecule has 1 unspecified atom stereocenters. The van der Waals surface area contributed by atoms with E-state index in [1.165, 1.54) is 12.1 Å². The minimum atomic E-state index is -0.383. The Labute approximate surface area is 146 Å². The normalized spacial score (nSPS) is 11.5. The van der Waals surface area contributed by atoms with Gasteiger partial charge >= 0.3 is 0 Å². The Hall–Kier alpha value is -2.47. The van der Waals surface area contributed by atoms with Crippen LogP contribution in [0, 0.1) is 5.82 Å². The summed E-state index contributed by atoms with van der Waals surface area (Å²) in [5.41, 5.74) is 0.924. The van der Waals surface area contributed by atoms with Crippen molar-refractivity contribution in [1.82, 2.24) is 5.32 Å². The number of carbonyl (C=O) groups excluding carboxylic acids is 1. The van der Waals surface area contributed by atoms with E-state index in [1.54, 1.807) is 36.4 Å². The number of halogens is 1. The molecule has 0 aromatic heterocycles. The maximum Gasteiger partial charge on any atom is 0.257 e. The largest absolute Gasteiger partial charge is 0.491 e. The second-order valence-electron chi connectivity index (χ2n) is 5.28. The number of ether oxygens (including phenoxy) is 1. The van der Waals surface area contributed by atoms with Crippen LogP contribution in [-0.2, 0) is 0 Å². The summed E-state index contributed by atoms with van der Waals surface area (Å²) in [5, 5.41) is 5.42. The lowest BCUT2D eigenvalue weighted by Gasteiger charge is -2.13. The molecule has 2 aromatic rings. The zero-order chi connectivity index (χ0) is 17.5. The Kier molecular flexibility index (Phi) is 6.26. The smallest absolute Gasteiger partial charge is 0.257 e. The summed E-state index contributed by atoms with van der Waals surface area (Å²) in [6.07, 6.45) is 1.02. The Morgan fingerprint density at radius 3 is 2.58 bits per heavy atom. The second-order valence-corrected chi connectivity index (χ2v) is 5.69. The quantitative estimate of drug-likeness (QED) is 0.799. The van der Waals surface area contributed by atoms with Crippen LogP contribution >= 0.6 is 12.2 Å². The van der Waals surface area contributed by atoms with Crippen LogP contribution < -0.4 is 15.4 Å². The molecule has 0 radical (unpaired) electrons. The molecule has 6 heteroatoms.